The quantitative estimate of drug-likeness (QED) is 0.543. The van der Waals surface area contributed by atoms with E-state index in [1.165, 1.54) is 30.0 Å². The number of amides is 2. The Hall–Kier alpha value is -2.90. The lowest BCUT2D eigenvalue weighted by Gasteiger charge is -2.11. The molecule has 1 unspecified atom stereocenters. The highest BCUT2D eigenvalue weighted by Gasteiger charge is 2.28. The van der Waals surface area contributed by atoms with Crippen molar-refractivity contribution in [3.63, 3.8) is 0 Å². The smallest absolute Gasteiger partial charge is 0.251 e. The second-order valence-electron chi connectivity index (χ2n) is 7.56. The third kappa shape index (κ3) is 4.95. The van der Waals surface area contributed by atoms with E-state index in [9.17, 15) is 18.4 Å². The maximum Gasteiger partial charge on any atom is 0.251 e. The van der Waals surface area contributed by atoms with Crippen LogP contribution in [0.4, 0.5) is 8.78 Å². The second kappa shape index (κ2) is 9.30. The molecule has 3 aromatic rings. The van der Waals surface area contributed by atoms with Crippen molar-refractivity contribution in [1.82, 2.24) is 5.32 Å². The van der Waals surface area contributed by atoms with Gasteiger partial charge < -0.3 is 11.1 Å². The van der Waals surface area contributed by atoms with Gasteiger partial charge in [0.15, 0.2) is 0 Å². The van der Waals surface area contributed by atoms with E-state index >= 15 is 0 Å². The predicted molar refractivity (Wildman–Crippen MR) is 122 cm³/mol. The number of benzene rings is 3. The van der Waals surface area contributed by atoms with Crippen LogP contribution in [0.15, 0.2) is 59.5 Å². The summed E-state index contributed by atoms with van der Waals surface area (Å²) in [5.41, 5.74) is 8.40. The standard InChI is InChI=1S/C24H19ClF2N2O2S/c25-16-6-13(7-17(26)10-16)8-18-11-20-21(27)5-4-19(23(20)32-18)14-2-1-3-15(9-14)24(31)29-12-22(28)30/h1-7,9-10,18H,8,11-12H2,(H2,28,30)(H,29,31). The average molecular weight is 473 g/mol. The SMILES string of the molecule is NC(=O)CNC(=O)c1cccc(-c2ccc(F)c3c2SC(Cc2cc(F)cc(Cl)c2)C3)c1. The number of hydrogen-bond donors (Lipinski definition) is 2. The summed E-state index contributed by atoms with van der Waals surface area (Å²) in [4.78, 5) is 24.0. The molecule has 3 aromatic carbocycles. The van der Waals surface area contributed by atoms with Gasteiger partial charge in [-0.05, 0) is 65.9 Å². The summed E-state index contributed by atoms with van der Waals surface area (Å²) in [7, 11) is 0. The largest absolute Gasteiger partial charge is 0.368 e. The minimum atomic E-state index is -0.632. The van der Waals surface area contributed by atoms with Gasteiger partial charge in [-0.3, -0.25) is 9.59 Å². The fourth-order valence-corrected chi connectivity index (χ4v) is 5.53. The third-order valence-electron chi connectivity index (χ3n) is 5.16. The Bertz CT molecular complexity index is 1200. The van der Waals surface area contributed by atoms with Crippen molar-refractivity contribution in [1.29, 1.82) is 0 Å². The van der Waals surface area contributed by atoms with E-state index in [0.717, 1.165) is 21.6 Å². The van der Waals surface area contributed by atoms with Gasteiger partial charge in [0, 0.05) is 26.3 Å². The molecule has 0 saturated carbocycles. The molecule has 164 valence electrons. The molecular formula is C24H19ClF2N2O2S. The number of carbonyl (C=O) groups excluding carboxylic acids is 2. The minimum Gasteiger partial charge on any atom is -0.368 e. The Balaban J connectivity index is 1.60. The molecular weight excluding hydrogens is 454 g/mol. The highest BCUT2D eigenvalue weighted by Crippen LogP contribution is 2.45. The van der Waals surface area contributed by atoms with Crippen LogP contribution < -0.4 is 11.1 Å². The number of carbonyl (C=O) groups is 2. The zero-order chi connectivity index (χ0) is 22.8. The van der Waals surface area contributed by atoms with E-state index in [-0.39, 0.29) is 17.6 Å². The van der Waals surface area contributed by atoms with Crippen LogP contribution in [0.25, 0.3) is 11.1 Å². The van der Waals surface area contributed by atoms with Crippen LogP contribution in [0, 0.1) is 11.6 Å². The van der Waals surface area contributed by atoms with Gasteiger partial charge in [-0.2, -0.15) is 0 Å². The zero-order valence-corrected chi connectivity index (χ0v) is 18.4. The molecule has 0 bridgehead atoms. The topological polar surface area (TPSA) is 72.2 Å². The lowest BCUT2D eigenvalue weighted by Crippen LogP contribution is -2.33. The third-order valence-corrected chi connectivity index (χ3v) is 6.75. The number of nitrogens with two attached hydrogens (primary N) is 1. The normalized spacial score (nSPS) is 14.8. The van der Waals surface area contributed by atoms with Gasteiger partial charge in [-0.15, -0.1) is 11.8 Å². The molecule has 3 N–H and O–H groups in total. The molecule has 1 atom stereocenters. The second-order valence-corrected chi connectivity index (χ2v) is 9.31. The molecule has 0 aliphatic carbocycles. The molecule has 32 heavy (non-hydrogen) atoms. The Labute approximate surface area is 193 Å². The van der Waals surface area contributed by atoms with Gasteiger partial charge in [-0.25, -0.2) is 8.78 Å². The Morgan fingerprint density at radius 1 is 1.12 bits per heavy atom. The Kier molecular flexibility index (Phi) is 6.48. The Morgan fingerprint density at radius 3 is 2.69 bits per heavy atom. The molecule has 4 rings (SSSR count). The van der Waals surface area contributed by atoms with Crippen molar-refractivity contribution in [3.05, 3.63) is 87.9 Å². The van der Waals surface area contributed by atoms with Gasteiger partial charge in [0.2, 0.25) is 5.91 Å². The first-order valence-corrected chi connectivity index (χ1v) is 11.2. The van der Waals surface area contributed by atoms with Crippen LogP contribution in [0.2, 0.25) is 5.02 Å². The first-order chi connectivity index (χ1) is 15.3. The number of rotatable bonds is 6. The van der Waals surface area contributed by atoms with Crippen LogP contribution in [-0.4, -0.2) is 23.6 Å². The van der Waals surface area contributed by atoms with Crippen LogP contribution in [0.1, 0.15) is 21.5 Å². The molecule has 2 amide bonds. The summed E-state index contributed by atoms with van der Waals surface area (Å²) in [6, 6.07) is 14.5. The van der Waals surface area contributed by atoms with Crippen molar-refractivity contribution in [2.24, 2.45) is 5.73 Å². The maximum atomic E-state index is 14.6. The number of thioether (sulfide) groups is 1. The molecule has 1 heterocycles. The molecule has 0 radical (unpaired) electrons. The van der Waals surface area contributed by atoms with E-state index < -0.39 is 17.6 Å². The maximum absolute atomic E-state index is 14.6. The van der Waals surface area contributed by atoms with E-state index in [4.69, 9.17) is 17.3 Å². The minimum absolute atomic E-state index is 0.0283. The lowest BCUT2D eigenvalue weighted by molar-refractivity contribution is -0.117. The Morgan fingerprint density at radius 2 is 1.94 bits per heavy atom. The summed E-state index contributed by atoms with van der Waals surface area (Å²) in [5, 5.41) is 2.82. The number of primary amides is 1. The van der Waals surface area contributed by atoms with E-state index in [1.54, 1.807) is 30.3 Å². The van der Waals surface area contributed by atoms with Crippen LogP contribution >= 0.6 is 23.4 Å². The van der Waals surface area contributed by atoms with Crippen LogP contribution in [0.3, 0.4) is 0 Å². The zero-order valence-electron chi connectivity index (χ0n) is 16.8. The number of fused-ring (bicyclic) bond motifs is 1. The highest BCUT2D eigenvalue weighted by molar-refractivity contribution is 8.00. The summed E-state index contributed by atoms with van der Waals surface area (Å²) >= 11 is 7.51. The molecule has 1 aliphatic rings. The predicted octanol–water partition coefficient (Wildman–Crippen LogP) is 4.76. The summed E-state index contributed by atoms with van der Waals surface area (Å²) in [6.45, 7) is -0.253. The monoisotopic (exact) mass is 472 g/mol. The van der Waals surface area contributed by atoms with E-state index in [2.05, 4.69) is 5.32 Å². The fraction of sp³-hybridized carbons (Fsp3) is 0.167. The molecule has 4 nitrogen and oxygen atoms in total. The highest BCUT2D eigenvalue weighted by atomic mass is 35.5. The first-order valence-electron chi connectivity index (χ1n) is 9.90. The van der Waals surface area contributed by atoms with Gasteiger partial charge in [0.25, 0.3) is 5.91 Å². The van der Waals surface area contributed by atoms with Crippen molar-refractivity contribution >= 4 is 35.2 Å². The summed E-state index contributed by atoms with van der Waals surface area (Å²) < 4.78 is 28.3. The number of nitrogens with one attached hydrogen (secondary N) is 1. The first kappa shape index (κ1) is 22.3. The number of halogens is 3. The summed E-state index contributed by atoms with van der Waals surface area (Å²) in [6.07, 6.45) is 1.05. The molecule has 0 fully saturated rings. The number of hydrogen-bond acceptors (Lipinski definition) is 3. The van der Waals surface area contributed by atoms with Gasteiger partial charge >= 0.3 is 0 Å². The molecule has 0 spiro atoms. The van der Waals surface area contributed by atoms with Crippen LogP contribution in [0.5, 0.6) is 0 Å². The average Bonchev–Trinajstić information content (AvgIpc) is 3.16. The van der Waals surface area contributed by atoms with Crippen molar-refractivity contribution in [2.75, 3.05) is 6.54 Å². The fourth-order valence-electron chi connectivity index (χ4n) is 3.79. The van der Waals surface area contributed by atoms with E-state index in [0.29, 0.717) is 29.0 Å². The van der Waals surface area contributed by atoms with Crippen molar-refractivity contribution < 1.29 is 18.4 Å². The van der Waals surface area contributed by atoms with Crippen LogP contribution in [-0.2, 0) is 17.6 Å². The lowest BCUT2D eigenvalue weighted by atomic mass is 9.97. The van der Waals surface area contributed by atoms with Gasteiger partial charge in [0.05, 0.1) is 6.54 Å². The van der Waals surface area contributed by atoms with Crippen molar-refractivity contribution in [3.8, 4) is 11.1 Å². The van der Waals surface area contributed by atoms with Crippen molar-refractivity contribution in [2.45, 2.75) is 23.0 Å². The molecule has 0 saturated heterocycles. The van der Waals surface area contributed by atoms with Gasteiger partial charge in [0.1, 0.15) is 11.6 Å². The van der Waals surface area contributed by atoms with E-state index in [1.807, 2.05) is 6.07 Å². The molecule has 1 aliphatic heterocycles. The molecule has 8 heteroatoms. The summed E-state index contributed by atoms with van der Waals surface area (Å²) in [5.74, 6) is -1.73. The molecule has 0 aromatic heterocycles. The van der Waals surface area contributed by atoms with Gasteiger partial charge in [-0.1, -0.05) is 29.8 Å².